The fraction of sp³-hybridized carbons (Fsp3) is 0.208. The number of rotatable bonds is 5. The number of fused-ring (bicyclic) bond motifs is 1. The van der Waals surface area contributed by atoms with Crippen LogP contribution in [0, 0.1) is 6.92 Å². The molecule has 4 nitrogen and oxygen atoms in total. The normalized spacial score (nSPS) is 11.7. The Kier molecular flexibility index (Phi) is 5.35. The molecule has 0 saturated carbocycles. The number of methoxy groups -OCH3 is 2. The van der Waals surface area contributed by atoms with E-state index in [9.17, 15) is 13.2 Å². The van der Waals surface area contributed by atoms with Crippen molar-refractivity contribution in [3.63, 3.8) is 0 Å². The molecule has 4 rings (SSSR count). The van der Waals surface area contributed by atoms with Gasteiger partial charge in [-0.25, -0.2) is 4.98 Å². The molecule has 0 amide bonds. The Labute approximate surface area is 177 Å². The fourth-order valence-corrected chi connectivity index (χ4v) is 3.71. The van der Waals surface area contributed by atoms with Gasteiger partial charge >= 0.3 is 6.18 Å². The molecule has 0 spiro atoms. The molecule has 4 aromatic rings. The maximum Gasteiger partial charge on any atom is 0.416 e. The van der Waals surface area contributed by atoms with Gasteiger partial charge in [-0.1, -0.05) is 24.3 Å². The lowest BCUT2D eigenvalue weighted by Crippen LogP contribution is -2.10. The lowest BCUT2D eigenvalue weighted by atomic mass is 9.99. The number of hydrogen-bond donors (Lipinski definition) is 0. The lowest BCUT2D eigenvalue weighted by Gasteiger charge is -2.14. The smallest absolute Gasteiger partial charge is 0.416 e. The van der Waals surface area contributed by atoms with Gasteiger partial charge in [0.2, 0.25) is 0 Å². The van der Waals surface area contributed by atoms with Gasteiger partial charge in [0.05, 0.1) is 31.2 Å². The average molecular weight is 426 g/mol. The summed E-state index contributed by atoms with van der Waals surface area (Å²) in [6, 6.07) is 14.8. The van der Waals surface area contributed by atoms with E-state index < -0.39 is 11.7 Å². The van der Waals surface area contributed by atoms with Gasteiger partial charge in [0, 0.05) is 18.2 Å². The number of pyridine rings is 1. The van der Waals surface area contributed by atoms with Gasteiger partial charge < -0.3 is 13.9 Å². The first kappa shape index (κ1) is 20.8. The first-order chi connectivity index (χ1) is 14.8. The molecule has 0 radical (unpaired) electrons. The molecule has 0 bridgehead atoms. The summed E-state index contributed by atoms with van der Waals surface area (Å²) in [7, 11) is 3.08. The molecule has 0 atom stereocenters. The Hall–Kier alpha value is -3.48. The Bertz CT molecular complexity index is 1250. The molecular formula is C24H21F3N2O2. The van der Waals surface area contributed by atoms with Crippen LogP contribution in [0.5, 0.6) is 11.5 Å². The standard InChI is InChI=1S/C24H21F3N2O2/c1-15-8-11-22-28-23(17-9-10-20(30-2)21(13-17)31-3)19(29(22)14-15)12-16-6-4-5-7-18(16)24(25,26)27/h4-11,13-14H,12H2,1-3H3. The zero-order valence-electron chi connectivity index (χ0n) is 17.3. The third-order valence-electron chi connectivity index (χ3n) is 5.20. The Morgan fingerprint density at radius 3 is 2.39 bits per heavy atom. The molecular weight excluding hydrogens is 405 g/mol. The van der Waals surface area contributed by atoms with Gasteiger partial charge in [-0.2, -0.15) is 13.2 Å². The summed E-state index contributed by atoms with van der Waals surface area (Å²) in [6.45, 7) is 1.93. The van der Waals surface area contributed by atoms with Crippen LogP contribution in [0.25, 0.3) is 16.9 Å². The number of imidazole rings is 1. The molecule has 160 valence electrons. The maximum atomic E-state index is 13.6. The van der Waals surface area contributed by atoms with Crippen molar-refractivity contribution in [1.29, 1.82) is 0 Å². The number of aryl methyl sites for hydroxylation is 1. The molecule has 0 aliphatic heterocycles. The van der Waals surface area contributed by atoms with E-state index in [1.54, 1.807) is 25.3 Å². The van der Waals surface area contributed by atoms with Crippen LogP contribution >= 0.6 is 0 Å². The maximum absolute atomic E-state index is 13.6. The van der Waals surface area contributed by atoms with Crippen molar-refractivity contribution in [2.45, 2.75) is 19.5 Å². The minimum Gasteiger partial charge on any atom is -0.493 e. The van der Waals surface area contributed by atoms with Gasteiger partial charge in [-0.05, 0) is 48.4 Å². The van der Waals surface area contributed by atoms with E-state index in [4.69, 9.17) is 14.5 Å². The quantitative estimate of drug-likeness (QED) is 0.396. The van der Waals surface area contributed by atoms with Crippen LogP contribution in [0.2, 0.25) is 0 Å². The second-order valence-corrected chi connectivity index (χ2v) is 7.24. The summed E-state index contributed by atoms with van der Waals surface area (Å²) in [5, 5.41) is 0. The van der Waals surface area contributed by atoms with Crippen molar-refractivity contribution in [1.82, 2.24) is 9.38 Å². The number of aromatic nitrogens is 2. The predicted octanol–water partition coefficient (Wildman–Crippen LogP) is 5.94. The largest absolute Gasteiger partial charge is 0.493 e. The van der Waals surface area contributed by atoms with Crippen LogP contribution < -0.4 is 9.47 Å². The van der Waals surface area contributed by atoms with Crippen LogP contribution in [-0.4, -0.2) is 23.6 Å². The topological polar surface area (TPSA) is 35.8 Å². The molecule has 0 aliphatic carbocycles. The van der Waals surface area contributed by atoms with Gasteiger partial charge in [-0.3, -0.25) is 0 Å². The third-order valence-corrected chi connectivity index (χ3v) is 5.20. The van der Waals surface area contributed by atoms with Gasteiger partial charge in [0.15, 0.2) is 11.5 Å². The summed E-state index contributed by atoms with van der Waals surface area (Å²) in [4.78, 5) is 4.73. The van der Waals surface area contributed by atoms with E-state index in [1.165, 1.54) is 19.2 Å². The number of hydrogen-bond acceptors (Lipinski definition) is 3. The lowest BCUT2D eigenvalue weighted by molar-refractivity contribution is -0.138. The third kappa shape index (κ3) is 3.95. The summed E-state index contributed by atoms with van der Waals surface area (Å²) in [5.41, 5.74) is 3.20. The molecule has 31 heavy (non-hydrogen) atoms. The van der Waals surface area contributed by atoms with Crippen molar-refractivity contribution in [3.8, 4) is 22.8 Å². The first-order valence-electron chi connectivity index (χ1n) is 9.67. The van der Waals surface area contributed by atoms with E-state index >= 15 is 0 Å². The fourth-order valence-electron chi connectivity index (χ4n) is 3.71. The molecule has 0 saturated heterocycles. The average Bonchev–Trinajstić information content (AvgIpc) is 3.10. The van der Waals surface area contributed by atoms with E-state index in [0.717, 1.165) is 17.2 Å². The SMILES string of the molecule is COc1ccc(-c2nc3ccc(C)cn3c2Cc2ccccc2C(F)(F)F)cc1OC. The van der Waals surface area contributed by atoms with E-state index in [2.05, 4.69) is 0 Å². The minimum absolute atomic E-state index is 0.0734. The second kappa shape index (κ2) is 7.98. The van der Waals surface area contributed by atoms with Crippen LogP contribution in [0.1, 0.15) is 22.4 Å². The summed E-state index contributed by atoms with van der Waals surface area (Å²) in [5.74, 6) is 1.09. The molecule has 7 heteroatoms. The first-order valence-corrected chi connectivity index (χ1v) is 9.67. The van der Waals surface area contributed by atoms with Gasteiger partial charge in [-0.15, -0.1) is 0 Å². The molecule has 2 heterocycles. The van der Waals surface area contributed by atoms with Crippen molar-refractivity contribution in [2.24, 2.45) is 0 Å². The van der Waals surface area contributed by atoms with Crippen LogP contribution in [-0.2, 0) is 12.6 Å². The number of nitrogens with zero attached hydrogens (tertiary/aromatic N) is 2. The zero-order chi connectivity index (χ0) is 22.2. The second-order valence-electron chi connectivity index (χ2n) is 7.24. The van der Waals surface area contributed by atoms with Crippen molar-refractivity contribution < 1.29 is 22.6 Å². The highest BCUT2D eigenvalue weighted by Gasteiger charge is 2.33. The monoisotopic (exact) mass is 426 g/mol. The van der Waals surface area contributed by atoms with Gasteiger partial charge in [0.25, 0.3) is 0 Å². The number of halogens is 3. The Morgan fingerprint density at radius 2 is 1.68 bits per heavy atom. The Morgan fingerprint density at radius 1 is 0.935 bits per heavy atom. The van der Waals surface area contributed by atoms with E-state index in [1.807, 2.05) is 35.7 Å². The Balaban J connectivity index is 1.92. The molecule has 2 aromatic heterocycles. The summed E-state index contributed by atoms with van der Waals surface area (Å²) >= 11 is 0. The molecule has 2 aromatic carbocycles. The minimum atomic E-state index is -4.43. The van der Waals surface area contributed by atoms with E-state index in [0.29, 0.717) is 28.5 Å². The highest BCUT2D eigenvalue weighted by molar-refractivity contribution is 5.70. The highest BCUT2D eigenvalue weighted by Crippen LogP contribution is 2.37. The van der Waals surface area contributed by atoms with Crippen molar-refractivity contribution in [3.05, 3.63) is 83.2 Å². The van der Waals surface area contributed by atoms with Crippen molar-refractivity contribution in [2.75, 3.05) is 14.2 Å². The van der Waals surface area contributed by atoms with Crippen LogP contribution in [0.4, 0.5) is 13.2 Å². The zero-order valence-corrected chi connectivity index (χ0v) is 17.3. The highest BCUT2D eigenvalue weighted by atomic mass is 19.4. The van der Waals surface area contributed by atoms with Crippen LogP contribution in [0.3, 0.4) is 0 Å². The number of benzene rings is 2. The summed E-state index contributed by atoms with van der Waals surface area (Å²) < 4.78 is 53.4. The van der Waals surface area contributed by atoms with Crippen LogP contribution in [0.15, 0.2) is 60.8 Å². The molecule has 0 unspecified atom stereocenters. The summed E-state index contributed by atoms with van der Waals surface area (Å²) in [6.07, 6.45) is -2.47. The number of alkyl halides is 3. The predicted molar refractivity (Wildman–Crippen MR) is 113 cm³/mol. The van der Waals surface area contributed by atoms with Crippen molar-refractivity contribution >= 4 is 5.65 Å². The molecule has 0 aliphatic rings. The number of ether oxygens (including phenoxy) is 2. The molecule has 0 N–H and O–H groups in total. The van der Waals surface area contributed by atoms with E-state index in [-0.39, 0.29) is 12.0 Å². The van der Waals surface area contributed by atoms with Gasteiger partial charge in [0.1, 0.15) is 5.65 Å². The molecule has 0 fully saturated rings.